The number of aryl methyl sites for hydroxylation is 3. The predicted octanol–water partition coefficient (Wildman–Crippen LogP) is 4.65. The van der Waals surface area contributed by atoms with Crippen LogP contribution in [0.4, 0.5) is 5.69 Å². The molecule has 2 aromatic rings. The fraction of sp³-hybridized carbons (Fsp3) is 0.400. The van der Waals surface area contributed by atoms with Gasteiger partial charge in [0.15, 0.2) is 18.1 Å². The van der Waals surface area contributed by atoms with Crippen LogP contribution in [0.25, 0.3) is 0 Å². The lowest BCUT2D eigenvalue weighted by molar-refractivity contribution is -0.123. The molecule has 0 aliphatic carbocycles. The molecule has 0 heterocycles. The van der Waals surface area contributed by atoms with E-state index in [0.717, 1.165) is 16.7 Å². The summed E-state index contributed by atoms with van der Waals surface area (Å²) in [5.74, 6) is -0.718. The second-order valence-corrected chi connectivity index (χ2v) is 8.71. The molecule has 0 aromatic heterocycles. The van der Waals surface area contributed by atoms with Gasteiger partial charge in [0.05, 0.1) is 25.5 Å². The Bertz CT molecular complexity index is 1050. The third-order valence-corrected chi connectivity index (χ3v) is 5.15. The molecule has 172 valence electrons. The normalized spacial score (nSPS) is 11.0. The highest BCUT2D eigenvalue weighted by atomic mass is 16.5. The lowest BCUT2D eigenvalue weighted by atomic mass is 9.95. The van der Waals surface area contributed by atoms with Crippen molar-refractivity contribution < 1.29 is 28.6 Å². The summed E-state index contributed by atoms with van der Waals surface area (Å²) >= 11 is 0. The lowest BCUT2D eigenvalue weighted by Gasteiger charge is -2.20. The van der Waals surface area contributed by atoms with Crippen LogP contribution < -0.4 is 14.8 Å². The van der Waals surface area contributed by atoms with E-state index in [1.807, 2.05) is 26.8 Å². The second kappa shape index (κ2) is 9.85. The van der Waals surface area contributed by atoms with Crippen molar-refractivity contribution in [3.63, 3.8) is 0 Å². The van der Waals surface area contributed by atoms with E-state index in [1.54, 1.807) is 26.8 Å². The molecule has 7 heteroatoms. The summed E-state index contributed by atoms with van der Waals surface area (Å²) in [6.45, 7) is 10.6. The Morgan fingerprint density at radius 2 is 1.38 bits per heavy atom. The van der Waals surface area contributed by atoms with E-state index in [1.165, 1.54) is 26.4 Å². The fourth-order valence-electron chi connectivity index (χ4n) is 3.01. The Morgan fingerprint density at radius 1 is 0.812 bits per heavy atom. The summed E-state index contributed by atoms with van der Waals surface area (Å²) in [4.78, 5) is 38.1. The van der Waals surface area contributed by atoms with Gasteiger partial charge in [-0.05, 0) is 43.5 Å². The van der Waals surface area contributed by atoms with Crippen LogP contribution in [-0.4, -0.2) is 38.5 Å². The first-order valence-electron chi connectivity index (χ1n) is 10.2. The summed E-state index contributed by atoms with van der Waals surface area (Å²) in [6.07, 6.45) is 0. The zero-order valence-corrected chi connectivity index (χ0v) is 20.0. The zero-order valence-electron chi connectivity index (χ0n) is 20.0. The molecule has 0 radical (unpaired) electrons. The molecular weight excluding hydrogens is 410 g/mol. The molecular formula is C25H31NO6. The molecule has 0 aliphatic rings. The molecule has 32 heavy (non-hydrogen) atoms. The molecule has 0 bridgehead atoms. The molecule has 1 N–H and O–H groups in total. The maximum absolute atomic E-state index is 12.9. The number of carbonyl (C=O) groups excluding carboxylic acids is 3. The molecule has 2 rings (SSSR count). The number of nitrogens with one attached hydrogen (secondary N) is 1. The number of carbonyl (C=O) groups is 3. The Balaban J connectivity index is 2.32. The molecule has 7 nitrogen and oxygen atoms in total. The number of amides is 1. The van der Waals surface area contributed by atoms with E-state index < -0.39 is 18.0 Å². The fourth-order valence-corrected chi connectivity index (χ4v) is 3.01. The standard InChI is InChI=1S/C25H31NO6/c1-14-9-16(3)17(10-15(14)2)20(27)13-32-23(28)18-11-21(30-7)22(31-8)12-19(18)26-24(29)25(4,5)6/h9-12H,13H2,1-8H3,(H,26,29). The van der Waals surface area contributed by atoms with Crippen molar-refractivity contribution in [1.82, 2.24) is 0 Å². The highest BCUT2D eigenvalue weighted by molar-refractivity contribution is 6.05. The van der Waals surface area contributed by atoms with Crippen LogP contribution in [0, 0.1) is 26.2 Å². The minimum Gasteiger partial charge on any atom is -0.493 e. The first-order valence-corrected chi connectivity index (χ1v) is 10.2. The van der Waals surface area contributed by atoms with E-state index in [9.17, 15) is 14.4 Å². The highest BCUT2D eigenvalue weighted by Gasteiger charge is 2.26. The van der Waals surface area contributed by atoms with Gasteiger partial charge in [0.1, 0.15) is 0 Å². The first kappa shape index (κ1) is 24.9. The predicted molar refractivity (Wildman–Crippen MR) is 123 cm³/mol. The molecule has 1 amide bonds. The van der Waals surface area contributed by atoms with Crippen LogP contribution in [0.5, 0.6) is 11.5 Å². The van der Waals surface area contributed by atoms with Crippen molar-refractivity contribution >= 4 is 23.3 Å². The number of hydrogen-bond donors (Lipinski definition) is 1. The second-order valence-electron chi connectivity index (χ2n) is 8.71. The van der Waals surface area contributed by atoms with Gasteiger partial charge >= 0.3 is 5.97 Å². The third kappa shape index (κ3) is 5.66. The molecule has 0 spiro atoms. The average molecular weight is 442 g/mol. The van der Waals surface area contributed by atoms with E-state index in [0.29, 0.717) is 17.1 Å². The Morgan fingerprint density at radius 3 is 1.94 bits per heavy atom. The van der Waals surface area contributed by atoms with Gasteiger partial charge < -0.3 is 19.5 Å². The number of ether oxygens (including phenoxy) is 3. The Hall–Kier alpha value is -3.35. The number of hydrogen-bond acceptors (Lipinski definition) is 6. The number of anilines is 1. The van der Waals surface area contributed by atoms with Crippen LogP contribution in [0.3, 0.4) is 0 Å². The van der Waals surface area contributed by atoms with Crippen molar-refractivity contribution in [2.24, 2.45) is 5.41 Å². The van der Waals surface area contributed by atoms with Gasteiger partial charge in [-0.25, -0.2) is 4.79 Å². The van der Waals surface area contributed by atoms with Crippen molar-refractivity contribution in [3.8, 4) is 11.5 Å². The van der Waals surface area contributed by atoms with Crippen LogP contribution in [0.2, 0.25) is 0 Å². The largest absolute Gasteiger partial charge is 0.493 e. The number of ketones is 1. The number of benzene rings is 2. The Kier molecular flexibility index (Phi) is 7.67. The van der Waals surface area contributed by atoms with Crippen molar-refractivity contribution in [3.05, 3.63) is 52.1 Å². The highest BCUT2D eigenvalue weighted by Crippen LogP contribution is 2.34. The van der Waals surface area contributed by atoms with Crippen molar-refractivity contribution in [2.45, 2.75) is 41.5 Å². The first-order chi connectivity index (χ1) is 14.9. The monoisotopic (exact) mass is 441 g/mol. The number of esters is 1. The number of rotatable bonds is 7. The quantitative estimate of drug-likeness (QED) is 0.497. The molecule has 0 aliphatic heterocycles. The third-order valence-electron chi connectivity index (χ3n) is 5.15. The minimum atomic E-state index is -0.759. The van der Waals surface area contributed by atoms with Crippen LogP contribution in [0.15, 0.2) is 24.3 Å². The van der Waals surface area contributed by atoms with Gasteiger partial charge in [-0.1, -0.05) is 26.8 Å². The van der Waals surface area contributed by atoms with Crippen LogP contribution >= 0.6 is 0 Å². The van der Waals surface area contributed by atoms with Gasteiger partial charge in [-0.3, -0.25) is 9.59 Å². The van der Waals surface area contributed by atoms with Crippen molar-refractivity contribution in [1.29, 1.82) is 0 Å². The molecule has 0 fully saturated rings. The van der Waals surface area contributed by atoms with E-state index in [2.05, 4.69) is 5.32 Å². The summed E-state index contributed by atoms with van der Waals surface area (Å²) in [5, 5.41) is 2.74. The maximum atomic E-state index is 12.9. The molecule has 0 saturated carbocycles. The lowest BCUT2D eigenvalue weighted by Crippen LogP contribution is -2.28. The average Bonchev–Trinajstić information content (AvgIpc) is 2.73. The van der Waals surface area contributed by atoms with Gasteiger partial charge in [-0.2, -0.15) is 0 Å². The van der Waals surface area contributed by atoms with Gasteiger partial charge in [-0.15, -0.1) is 0 Å². The molecule has 0 unspecified atom stereocenters. The van der Waals surface area contributed by atoms with Gasteiger partial charge in [0.2, 0.25) is 11.7 Å². The van der Waals surface area contributed by atoms with Gasteiger partial charge in [0.25, 0.3) is 0 Å². The molecule has 0 saturated heterocycles. The maximum Gasteiger partial charge on any atom is 0.340 e. The smallest absolute Gasteiger partial charge is 0.340 e. The van der Waals surface area contributed by atoms with Crippen LogP contribution in [0.1, 0.15) is 58.2 Å². The van der Waals surface area contributed by atoms with E-state index >= 15 is 0 Å². The summed E-state index contributed by atoms with van der Waals surface area (Å²) in [7, 11) is 2.89. The van der Waals surface area contributed by atoms with E-state index in [-0.39, 0.29) is 22.9 Å². The molecule has 2 aromatic carbocycles. The molecule has 0 atom stereocenters. The minimum absolute atomic E-state index is 0.0601. The Labute approximate surface area is 189 Å². The summed E-state index contributed by atoms with van der Waals surface area (Å²) in [5.41, 5.74) is 2.98. The van der Waals surface area contributed by atoms with Crippen molar-refractivity contribution in [2.75, 3.05) is 26.1 Å². The topological polar surface area (TPSA) is 90.9 Å². The van der Waals surface area contributed by atoms with Crippen LogP contribution in [-0.2, 0) is 9.53 Å². The summed E-state index contributed by atoms with van der Waals surface area (Å²) in [6, 6.07) is 6.64. The number of Topliss-reactive ketones (excluding diaryl/α,β-unsaturated/α-hetero) is 1. The SMILES string of the molecule is COc1cc(NC(=O)C(C)(C)C)c(C(=O)OCC(=O)c2cc(C)c(C)cc2C)cc1OC. The van der Waals surface area contributed by atoms with E-state index in [4.69, 9.17) is 14.2 Å². The number of methoxy groups -OCH3 is 2. The summed E-state index contributed by atoms with van der Waals surface area (Å²) < 4.78 is 15.9. The van der Waals surface area contributed by atoms with Gasteiger partial charge in [0, 0.05) is 23.1 Å². The zero-order chi connectivity index (χ0) is 24.2.